The molecule has 1 N–H and O–H groups in total. The maximum atomic E-state index is 5.52. The number of nitrogens with one attached hydrogen (secondary N) is 1. The van der Waals surface area contributed by atoms with Crippen LogP contribution in [-0.4, -0.2) is 29.3 Å². The first-order valence-corrected chi connectivity index (χ1v) is 6.82. The molecule has 1 aliphatic heterocycles. The Kier molecular flexibility index (Phi) is 3.79. The van der Waals surface area contributed by atoms with Gasteiger partial charge in [-0.2, -0.15) is 0 Å². The molecule has 19 heavy (non-hydrogen) atoms. The minimum atomic E-state index is 0.615. The minimum Gasteiger partial charge on any atom is -0.383 e. The van der Waals surface area contributed by atoms with Crippen LogP contribution in [0, 0.1) is 5.92 Å². The Bertz CT molecular complexity index is 504. The molecule has 1 atom stereocenters. The van der Waals surface area contributed by atoms with Crippen molar-refractivity contribution >= 4 is 5.69 Å². The average molecular weight is 257 g/mol. The fourth-order valence-corrected chi connectivity index (χ4v) is 2.47. The molecule has 2 aromatic rings. The fourth-order valence-electron chi connectivity index (χ4n) is 2.47. The van der Waals surface area contributed by atoms with E-state index in [-0.39, 0.29) is 0 Å². The van der Waals surface area contributed by atoms with E-state index >= 15 is 0 Å². The third-order valence-electron chi connectivity index (χ3n) is 3.52. The molecule has 4 heteroatoms. The van der Waals surface area contributed by atoms with Gasteiger partial charge in [0.25, 0.3) is 0 Å². The second kappa shape index (κ2) is 5.89. The first-order chi connectivity index (χ1) is 9.43. The summed E-state index contributed by atoms with van der Waals surface area (Å²) in [7, 11) is 0. The van der Waals surface area contributed by atoms with Gasteiger partial charge < -0.3 is 14.6 Å². The molecule has 2 heterocycles. The number of hydrogen-bond donors (Lipinski definition) is 1. The third-order valence-corrected chi connectivity index (χ3v) is 3.52. The molecule has 1 aromatic carbocycles. The van der Waals surface area contributed by atoms with Crippen molar-refractivity contribution in [2.45, 2.75) is 12.8 Å². The first-order valence-electron chi connectivity index (χ1n) is 6.82. The highest BCUT2D eigenvalue weighted by Crippen LogP contribution is 2.21. The second-order valence-corrected chi connectivity index (χ2v) is 4.95. The number of benzene rings is 1. The Morgan fingerprint density at radius 1 is 1.37 bits per heavy atom. The van der Waals surface area contributed by atoms with Crippen LogP contribution in [0.15, 0.2) is 43.0 Å². The Morgan fingerprint density at radius 3 is 3.11 bits per heavy atom. The first kappa shape index (κ1) is 12.2. The topological polar surface area (TPSA) is 39.1 Å². The molecule has 0 aliphatic carbocycles. The van der Waals surface area contributed by atoms with Crippen LogP contribution in [0.25, 0.3) is 5.69 Å². The summed E-state index contributed by atoms with van der Waals surface area (Å²) in [6.45, 7) is 2.76. The van der Waals surface area contributed by atoms with Crippen LogP contribution in [0.3, 0.4) is 0 Å². The van der Waals surface area contributed by atoms with Gasteiger partial charge in [-0.15, -0.1) is 0 Å². The van der Waals surface area contributed by atoms with Gasteiger partial charge in [-0.05, 0) is 30.9 Å². The molecule has 1 saturated heterocycles. The predicted octanol–water partition coefficient (Wildman–Crippen LogP) is 2.71. The van der Waals surface area contributed by atoms with Crippen molar-refractivity contribution in [3.63, 3.8) is 0 Å². The number of nitrogens with zero attached hydrogens (tertiary/aromatic N) is 2. The van der Waals surface area contributed by atoms with Crippen LogP contribution in [0.4, 0.5) is 5.69 Å². The van der Waals surface area contributed by atoms with Crippen molar-refractivity contribution in [1.29, 1.82) is 0 Å². The molecule has 0 spiro atoms. The molecule has 100 valence electrons. The summed E-state index contributed by atoms with van der Waals surface area (Å²) < 4.78 is 7.55. The van der Waals surface area contributed by atoms with E-state index in [0.29, 0.717) is 5.92 Å². The van der Waals surface area contributed by atoms with Crippen LogP contribution in [0.1, 0.15) is 12.8 Å². The van der Waals surface area contributed by atoms with Gasteiger partial charge in [-0.25, -0.2) is 4.98 Å². The van der Waals surface area contributed by atoms with E-state index in [2.05, 4.69) is 28.5 Å². The Morgan fingerprint density at radius 2 is 2.32 bits per heavy atom. The van der Waals surface area contributed by atoms with Crippen molar-refractivity contribution in [3.8, 4) is 5.69 Å². The minimum absolute atomic E-state index is 0.615. The number of ether oxygens (including phenoxy) is 1. The van der Waals surface area contributed by atoms with E-state index in [1.807, 2.05) is 23.2 Å². The molecule has 0 bridgehead atoms. The summed E-state index contributed by atoms with van der Waals surface area (Å²) in [6, 6.07) is 8.31. The summed E-state index contributed by atoms with van der Waals surface area (Å²) in [6.07, 6.45) is 8.01. The average Bonchev–Trinajstić information content (AvgIpc) is 3.01. The van der Waals surface area contributed by atoms with E-state index in [0.717, 1.165) is 31.1 Å². The van der Waals surface area contributed by atoms with Crippen molar-refractivity contribution in [1.82, 2.24) is 9.55 Å². The summed E-state index contributed by atoms with van der Waals surface area (Å²) >= 11 is 0. The lowest BCUT2D eigenvalue weighted by atomic mass is 10.0. The smallest absolute Gasteiger partial charge is 0.0992 e. The molecule has 1 fully saturated rings. The molecular formula is C15H19N3O. The third kappa shape index (κ3) is 2.96. The second-order valence-electron chi connectivity index (χ2n) is 4.95. The summed E-state index contributed by atoms with van der Waals surface area (Å²) in [4.78, 5) is 4.10. The van der Waals surface area contributed by atoms with Crippen LogP contribution in [-0.2, 0) is 4.74 Å². The van der Waals surface area contributed by atoms with Crippen LogP contribution >= 0.6 is 0 Å². The summed E-state index contributed by atoms with van der Waals surface area (Å²) in [5, 5.41) is 3.54. The molecule has 0 amide bonds. The fraction of sp³-hybridized carbons (Fsp3) is 0.400. The number of para-hydroxylation sites is 2. The number of aromatic nitrogens is 2. The van der Waals surface area contributed by atoms with E-state index in [9.17, 15) is 0 Å². The van der Waals surface area contributed by atoms with Gasteiger partial charge >= 0.3 is 0 Å². The van der Waals surface area contributed by atoms with E-state index in [1.165, 1.54) is 12.8 Å². The van der Waals surface area contributed by atoms with Gasteiger partial charge in [0, 0.05) is 25.5 Å². The molecule has 0 radical (unpaired) electrons. The standard InChI is InChI=1S/C15H19N3O/c1-2-6-15(18-8-7-16-12-18)14(5-1)17-10-13-4-3-9-19-11-13/h1-2,5-8,12-13,17H,3-4,9-11H2. The zero-order valence-corrected chi connectivity index (χ0v) is 11.0. The van der Waals surface area contributed by atoms with Gasteiger partial charge in [-0.3, -0.25) is 0 Å². The Hall–Kier alpha value is -1.81. The maximum Gasteiger partial charge on any atom is 0.0992 e. The highest BCUT2D eigenvalue weighted by molar-refractivity contribution is 5.60. The molecule has 1 aromatic heterocycles. The molecule has 1 unspecified atom stereocenters. The number of hydrogen-bond acceptors (Lipinski definition) is 3. The Labute approximate surface area is 113 Å². The van der Waals surface area contributed by atoms with Crippen molar-refractivity contribution in [2.75, 3.05) is 25.1 Å². The molecule has 3 rings (SSSR count). The number of anilines is 1. The van der Waals surface area contributed by atoms with E-state index < -0.39 is 0 Å². The van der Waals surface area contributed by atoms with Crippen LogP contribution in [0.2, 0.25) is 0 Å². The predicted molar refractivity (Wildman–Crippen MR) is 75.6 cm³/mol. The van der Waals surface area contributed by atoms with Gasteiger partial charge in [0.05, 0.1) is 24.3 Å². The number of rotatable bonds is 4. The summed E-state index contributed by atoms with van der Waals surface area (Å²) in [5.74, 6) is 0.615. The lowest BCUT2D eigenvalue weighted by Gasteiger charge is -2.23. The normalized spacial score (nSPS) is 19.3. The zero-order chi connectivity index (χ0) is 12.9. The lowest BCUT2D eigenvalue weighted by Crippen LogP contribution is -2.24. The van der Waals surface area contributed by atoms with Crippen LogP contribution < -0.4 is 5.32 Å². The van der Waals surface area contributed by atoms with Gasteiger partial charge in [0.2, 0.25) is 0 Å². The van der Waals surface area contributed by atoms with Crippen molar-refractivity contribution in [3.05, 3.63) is 43.0 Å². The van der Waals surface area contributed by atoms with Gasteiger partial charge in [0.1, 0.15) is 0 Å². The summed E-state index contributed by atoms with van der Waals surface area (Å²) in [5.41, 5.74) is 2.28. The SMILES string of the molecule is c1ccc(-n2ccnc2)c(NCC2CCCOC2)c1. The monoisotopic (exact) mass is 257 g/mol. The van der Waals surface area contributed by atoms with Crippen molar-refractivity contribution in [2.24, 2.45) is 5.92 Å². The molecule has 4 nitrogen and oxygen atoms in total. The highest BCUT2D eigenvalue weighted by Gasteiger charge is 2.14. The lowest BCUT2D eigenvalue weighted by molar-refractivity contribution is 0.0595. The van der Waals surface area contributed by atoms with Crippen molar-refractivity contribution < 1.29 is 4.74 Å². The molecular weight excluding hydrogens is 238 g/mol. The van der Waals surface area contributed by atoms with E-state index in [4.69, 9.17) is 4.74 Å². The highest BCUT2D eigenvalue weighted by atomic mass is 16.5. The van der Waals surface area contributed by atoms with Gasteiger partial charge in [0.15, 0.2) is 0 Å². The van der Waals surface area contributed by atoms with Crippen LogP contribution in [0.5, 0.6) is 0 Å². The molecule has 0 saturated carbocycles. The maximum absolute atomic E-state index is 5.52. The Balaban J connectivity index is 1.70. The number of imidazole rings is 1. The molecule has 1 aliphatic rings. The van der Waals surface area contributed by atoms with E-state index in [1.54, 1.807) is 6.20 Å². The quantitative estimate of drug-likeness (QED) is 0.915. The van der Waals surface area contributed by atoms with Gasteiger partial charge in [-0.1, -0.05) is 12.1 Å². The largest absolute Gasteiger partial charge is 0.383 e. The zero-order valence-electron chi connectivity index (χ0n) is 11.0.